The molecule has 2 unspecified atom stereocenters. The average Bonchev–Trinajstić information content (AvgIpc) is 2.85. The number of imidazole rings is 1. The van der Waals surface area contributed by atoms with E-state index in [0.717, 1.165) is 22.6 Å². The van der Waals surface area contributed by atoms with Crippen LogP contribution in [0.25, 0.3) is 5.65 Å². The van der Waals surface area contributed by atoms with Crippen molar-refractivity contribution in [2.75, 3.05) is 0 Å². The molecule has 1 aliphatic carbocycles. The van der Waals surface area contributed by atoms with Gasteiger partial charge in [0, 0.05) is 12.1 Å². The Morgan fingerprint density at radius 1 is 1.61 bits per heavy atom. The van der Waals surface area contributed by atoms with Crippen LogP contribution in [0.15, 0.2) is 18.3 Å². The maximum absolute atomic E-state index is 11.1. The molecule has 0 radical (unpaired) electrons. The van der Waals surface area contributed by atoms with Crippen molar-refractivity contribution in [1.29, 1.82) is 0 Å². The summed E-state index contributed by atoms with van der Waals surface area (Å²) in [7, 11) is 0. The minimum Gasteiger partial charge on any atom is -0.480 e. The number of carboxylic acid groups (broad SMARTS) is 1. The van der Waals surface area contributed by atoms with Crippen LogP contribution in [0.3, 0.4) is 0 Å². The largest absolute Gasteiger partial charge is 0.480 e. The zero-order chi connectivity index (χ0) is 13.1. The number of pyridine rings is 1. The molecule has 0 aromatic carbocycles. The maximum Gasteiger partial charge on any atom is 0.324 e. The fourth-order valence-electron chi connectivity index (χ4n) is 2.56. The molecule has 2 aromatic heterocycles. The number of carbonyl (C=O) groups is 1. The van der Waals surface area contributed by atoms with Crippen LogP contribution in [0.5, 0.6) is 0 Å². The number of hydrogen-bond acceptors (Lipinski definition) is 3. The smallest absolute Gasteiger partial charge is 0.324 e. The summed E-state index contributed by atoms with van der Waals surface area (Å²) in [6.45, 7) is 3.91. The molecule has 1 aliphatic rings. The van der Waals surface area contributed by atoms with Crippen LogP contribution in [0, 0.1) is 13.8 Å². The molecule has 3 rings (SSSR count). The molecule has 1 fully saturated rings. The summed E-state index contributed by atoms with van der Waals surface area (Å²) in [5.74, 6) is -1.08. The van der Waals surface area contributed by atoms with Crippen molar-refractivity contribution < 1.29 is 9.90 Å². The molecule has 5 nitrogen and oxygen atoms in total. The van der Waals surface area contributed by atoms with Crippen molar-refractivity contribution in [3.05, 3.63) is 35.3 Å². The van der Waals surface area contributed by atoms with Crippen LogP contribution >= 0.6 is 0 Å². The number of nitrogens with two attached hydrogens (primary N) is 1. The van der Waals surface area contributed by atoms with Crippen molar-refractivity contribution in [2.24, 2.45) is 5.73 Å². The lowest BCUT2D eigenvalue weighted by Crippen LogP contribution is -2.34. The van der Waals surface area contributed by atoms with Gasteiger partial charge in [0.05, 0.1) is 11.4 Å². The van der Waals surface area contributed by atoms with Gasteiger partial charge in [-0.1, -0.05) is 0 Å². The van der Waals surface area contributed by atoms with Gasteiger partial charge in [-0.2, -0.15) is 0 Å². The van der Waals surface area contributed by atoms with E-state index in [1.54, 1.807) is 0 Å². The minimum atomic E-state index is -1.12. The average molecular weight is 245 g/mol. The lowest BCUT2D eigenvalue weighted by molar-refractivity contribution is -0.139. The molecule has 2 heterocycles. The first-order valence-corrected chi connectivity index (χ1v) is 5.91. The molecule has 2 atom stereocenters. The van der Waals surface area contributed by atoms with E-state index < -0.39 is 11.5 Å². The Kier molecular flexibility index (Phi) is 2.07. The van der Waals surface area contributed by atoms with Crippen LogP contribution in [-0.4, -0.2) is 26.0 Å². The summed E-state index contributed by atoms with van der Waals surface area (Å²) in [5.41, 5.74) is 8.52. The van der Waals surface area contributed by atoms with Crippen molar-refractivity contribution in [3.63, 3.8) is 0 Å². The molecule has 0 saturated heterocycles. The van der Waals surface area contributed by atoms with E-state index in [0.29, 0.717) is 6.42 Å². The first-order valence-electron chi connectivity index (χ1n) is 5.91. The van der Waals surface area contributed by atoms with Crippen LogP contribution < -0.4 is 5.73 Å². The number of aromatic nitrogens is 2. The van der Waals surface area contributed by atoms with Crippen molar-refractivity contribution in [2.45, 2.75) is 31.7 Å². The number of nitrogens with zero attached hydrogens (tertiary/aromatic N) is 2. The molecule has 0 amide bonds. The Bertz CT molecular complexity index is 662. The lowest BCUT2D eigenvalue weighted by atomic mass is 10.1. The van der Waals surface area contributed by atoms with Gasteiger partial charge < -0.3 is 15.2 Å². The SMILES string of the molecule is Cc1ccn2c(C3CC3(N)C(=O)O)c(C)nc2c1. The number of hydrogen-bond donors (Lipinski definition) is 2. The van der Waals surface area contributed by atoms with Gasteiger partial charge in [0.2, 0.25) is 0 Å². The highest BCUT2D eigenvalue weighted by atomic mass is 16.4. The fraction of sp³-hybridized carbons (Fsp3) is 0.385. The Morgan fingerprint density at radius 3 is 2.94 bits per heavy atom. The first-order chi connectivity index (χ1) is 8.43. The van der Waals surface area contributed by atoms with E-state index in [1.165, 1.54) is 0 Å². The van der Waals surface area contributed by atoms with Crippen LogP contribution in [-0.2, 0) is 4.79 Å². The normalized spacial score (nSPS) is 26.5. The number of rotatable bonds is 2. The van der Waals surface area contributed by atoms with Gasteiger partial charge in [-0.15, -0.1) is 0 Å². The molecule has 0 bridgehead atoms. The Hall–Kier alpha value is -1.88. The Balaban J connectivity index is 2.14. The molecule has 3 N–H and O–H groups in total. The zero-order valence-corrected chi connectivity index (χ0v) is 10.3. The Labute approximate surface area is 104 Å². The second-order valence-electron chi connectivity index (χ2n) is 5.12. The van der Waals surface area contributed by atoms with E-state index in [2.05, 4.69) is 4.98 Å². The van der Waals surface area contributed by atoms with Gasteiger partial charge in [-0.25, -0.2) is 4.98 Å². The second-order valence-corrected chi connectivity index (χ2v) is 5.12. The maximum atomic E-state index is 11.1. The van der Waals surface area contributed by atoms with Gasteiger partial charge in [0.15, 0.2) is 0 Å². The fourth-order valence-corrected chi connectivity index (χ4v) is 2.56. The quantitative estimate of drug-likeness (QED) is 0.833. The zero-order valence-electron chi connectivity index (χ0n) is 10.3. The summed E-state index contributed by atoms with van der Waals surface area (Å²) < 4.78 is 1.95. The molecular formula is C13H15N3O2. The van der Waals surface area contributed by atoms with E-state index in [-0.39, 0.29) is 5.92 Å². The monoisotopic (exact) mass is 245 g/mol. The molecular weight excluding hydrogens is 230 g/mol. The highest BCUT2D eigenvalue weighted by Gasteiger charge is 2.60. The van der Waals surface area contributed by atoms with Gasteiger partial charge in [0.1, 0.15) is 11.2 Å². The Morgan fingerprint density at radius 2 is 2.33 bits per heavy atom. The van der Waals surface area contributed by atoms with Gasteiger partial charge in [-0.05, 0) is 38.0 Å². The summed E-state index contributed by atoms with van der Waals surface area (Å²) in [6, 6.07) is 3.97. The predicted octanol–water partition coefficient (Wildman–Crippen LogP) is 1.22. The van der Waals surface area contributed by atoms with E-state index in [4.69, 9.17) is 10.8 Å². The lowest BCUT2D eigenvalue weighted by Gasteiger charge is -2.06. The highest BCUT2D eigenvalue weighted by Crippen LogP contribution is 2.50. The van der Waals surface area contributed by atoms with Crippen LogP contribution in [0.1, 0.15) is 29.3 Å². The summed E-state index contributed by atoms with van der Waals surface area (Å²) in [4.78, 5) is 15.6. The number of aryl methyl sites for hydroxylation is 2. The van der Waals surface area contributed by atoms with E-state index in [9.17, 15) is 4.79 Å². The van der Waals surface area contributed by atoms with Crippen molar-refractivity contribution >= 4 is 11.6 Å². The molecule has 0 spiro atoms. The second kappa shape index (κ2) is 3.32. The highest BCUT2D eigenvalue weighted by molar-refractivity contribution is 5.85. The summed E-state index contributed by atoms with van der Waals surface area (Å²) >= 11 is 0. The molecule has 5 heteroatoms. The van der Waals surface area contributed by atoms with E-state index in [1.807, 2.05) is 36.6 Å². The minimum absolute atomic E-state index is 0.146. The molecule has 1 saturated carbocycles. The third-order valence-electron chi connectivity index (χ3n) is 3.73. The van der Waals surface area contributed by atoms with Gasteiger partial charge in [-0.3, -0.25) is 4.79 Å². The van der Waals surface area contributed by atoms with Crippen molar-refractivity contribution in [3.8, 4) is 0 Å². The first kappa shape index (κ1) is 11.2. The van der Waals surface area contributed by atoms with Crippen LogP contribution in [0.2, 0.25) is 0 Å². The molecule has 2 aromatic rings. The number of carboxylic acids is 1. The molecule has 0 aliphatic heterocycles. The van der Waals surface area contributed by atoms with Crippen LogP contribution in [0.4, 0.5) is 0 Å². The summed E-state index contributed by atoms with van der Waals surface area (Å²) in [5, 5.41) is 9.13. The topological polar surface area (TPSA) is 80.6 Å². The standard InChI is InChI=1S/C13H15N3O2/c1-7-3-4-16-10(5-7)15-8(2)11(16)9-6-13(9,14)12(17)18/h3-5,9H,6,14H2,1-2H3,(H,17,18). The summed E-state index contributed by atoms with van der Waals surface area (Å²) in [6.07, 6.45) is 2.41. The third kappa shape index (κ3) is 1.37. The molecule has 18 heavy (non-hydrogen) atoms. The molecule has 94 valence electrons. The predicted molar refractivity (Wildman–Crippen MR) is 66.6 cm³/mol. The third-order valence-corrected chi connectivity index (χ3v) is 3.73. The number of aliphatic carboxylic acids is 1. The van der Waals surface area contributed by atoms with Gasteiger partial charge in [0.25, 0.3) is 0 Å². The van der Waals surface area contributed by atoms with Gasteiger partial charge >= 0.3 is 5.97 Å². The van der Waals surface area contributed by atoms with E-state index >= 15 is 0 Å². The number of fused-ring (bicyclic) bond motifs is 1. The van der Waals surface area contributed by atoms with Crippen molar-refractivity contribution in [1.82, 2.24) is 9.38 Å².